The van der Waals surface area contributed by atoms with Gasteiger partial charge in [-0.25, -0.2) is 0 Å². The summed E-state index contributed by atoms with van der Waals surface area (Å²) >= 11 is 5.30. The van der Waals surface area contributed by atoms with Crippen LogP contribution in [0, 0.1) is 0 Å². The topological polar surface area (TPSA) is 59.4 Å². The van der Waals surface area contributed by atoms with Gasteiger partial charge in [0.2, 0.25) is 0 Å². The lowest BCUT2D eigenvalue weighted by atomic mass is 10.1. The molecule has 0 aliphatic rings. The van der Waals surface area contributed by atoms with Gasteiger partial charge in [0.1, 0.15) is 0 Å². The lowest BCUT2D eigenvalue weighted by Crippen LogP contribution is -2.00. The molecular formula is C23H18BrN5S. The van der Waals surface area contributed by atoms with Crippen LogP contribution in [-0.2, 0) is 6.42 Å². The number of hydrogen-bond donors (Lipinski definition) is 1. The summed E-state index contributed by atoms with van der Waals surface area (Å²) in [4.78, 5) is 7.48. The van der Waals surface area contributed by atoms with Crippen molar-refractivity contribution >= 4 is 38.6 Å². The fourth-order valence-electron chi connectivity index (χ4n) is 3.49. The van der Waals surface area contributed by atoms with Gasteiger partial charge in [-0.2, -0.15) is 0 Å². The molecule has 0 aliphatic carbocycles. The van der Waals surface area contributed by atoms with Crippen molar-refractivity contribution in [2.75, 3.05) is 5.75 Å². The number of fused-ring (bicyclic) bond motifs is 1. The maximum atomic E-state index is 4.51. The molecule has 5 nitrogen and oxygen atoms in total. The maximum Gasteiger partial charge on any atom is 0.196 e. The molecule has 0 atom stereocenters. The average molecular weight is 476 g/mol. The molecule has 0 fully saturated rings. The van der Waals surface area contributed by atoms with Gasteiger partial charge in [-0.3, -0.25) is 9.55 Å². The summed E-state index contributed by atoms with van der Waals surface area (Å²) in [5.74, 6) is 1.72. The van der Waals surface area contributed by atoms with E-state index in [1.807, 2.05) is 24.3 Å². The van der Waals surface area contributed by atoms with Crippen LogP contribution in [0.1, 0.15) is 5.56 Å². The Morgan fingerprint density at radius 1 is 0.967 bits per heavy atom. The first kappa shape index (κ1) is 19.1. The van der Waals surface area contributed by atoms with Crippen molar-refractivity contribution in [2.24, 2.45) is 0 Å². The van der Waals surface area contributed by atoms with E-state index >= 15 is 0 Å². The summed E-state index contributed by atoms with van der Waals surface area (Å²) in [5.41, 5.74) is 4.51. The molecule has 0 spiro atoms. The Balaban J connectivity index is 1.45. The first-order chi connectivity index (χ1) is 14.8. The molecule has 1 N–H and O–H groups in total. The highest BCUT2D eigenvalue weighted by Gasteiger charge is 2.16. The highest BCUT2D eigenvalue weighted by Crippen LogP contribution is 2.30. The van der Waals surface area contributed by atoms with E-state index in [1.54, 1.807) is 24.2 Å². The van der Waals surface area contributed by atoms with E-state index in [4.69, 9.17) is 0 Å². The lowest BCUT2D eigenvalue weighted by Gasteiger charge is -2.10. The van der Waals surface area contributed by atoms with Gasteiger partial charge in [-0.1, -0.05) is 52.0 Å². The Morgan fingerprint density at radius 3 is 2.70 bits per heavy atom. The maximum absolute atomic E-state index is 4.51. The molecular weight excluding hydrogens is 458 g/mol. The molecule has 0 aliphatic heterocycles. The number of rotatable bonds is 6. The number of aromatic nitrogens is 5. The predicted molar refractivity (Wildman–Crippen MR) is 125 cm³/mol. The van der Waals surface area contributed by atoms with Crippen LogP contribution in [-0.4, -0.2) is 30.5 Å². The third-order valence-electron chi connectivity index (χ3n) is 4.92. The SMILES string of the molecule is Brc1cccc(-n2c(SCCc3c[nH]c4ccccc34)nnc2-c2ccncc2)c1. The van der Waals surface area contributed by atoms with E-state index < -0.39 is 0 Å². The monoisotopic (exact) mass is 475 g/mol. The highest BCUT2D eigenvalue weighted by atomic mass is 79.9. The van der Waals surface area contributed by atoms with Gasteiger partial charge in [0.15, 0.2) is 11.0 Å². The fraction of sp³-hybridized carbons (Fsp3) is 0.0870. The van der Waals surface area contributed by atoms with Gasteiger partial charge >= 0.3 is 0 Å². The number of nitrogens with zero attached hydrogens (tertiary/aromatic N) is 4. The van der Waals surface area contributed by atoms with Gasteiger partial charge in [0, 0.05) is 45.3 Å². The molecule has 0 bridgehead atoms. The lowest BCUT2D eigenvalue weighted by molar-refractivity contribution is 0.884. The number of halogens is 1. The fourth-order valence-corrected chi connectivity index (χ4v) is 4.80. The van der Waals surface area contributed by atoms with Crippen molar-refractivity contribution in [2.45, 2.75) is 11.6 Å². The Labute approximate surface area is 186 Å². The van der Waals surface area contributed by atoms with Crippen LogP contribution >= 0.6 is 27.7 Å². The van der Waals surface area contributed by atoms with Gasteiger partial charge < -0.3 is 4.98 Å². The molecule has 0 saturated heterocycles. The van der Waals surface area contributed by atoms with E-state index in [0.29, 0.717) is 0 Å². The zero-order valence-corrected chi connectivity index (χ0v) is 18.4. The summed E-state index contributed by atoms with van der Waals surface area (Å²) in [7, 11) is 0. The Hall–Kier alpha value is -2.90. The average Bonchev–Trinajstić information content (AvgIpc) is 3.39. The molecule has 0 unspecified atom stereocenters. The van der Waals surface area contributed by atoms with Crippen LogP contribution in [0.25, 0.3) is 28.0 Å². The number of nitrogens with one attached hydrogen (secondary N) is 1. The van der Waals surface area contributed by atoms with Crippen molar-refractivity contribution in [1.29, 1.82) is 0 Å². The van der Waals surface area contributed by atoms with Gasteiger partial charge in [0.05, 0.1) is 5.69 Å². The molecule has 2 aromatic carbocycles. The molecule has 30 heavy (non-hydrogen) atoms. The number of hydrogen-bond acceptors (Lipinski definition) is 4. The summed E-state index contributed by atoms with van der Waals surface area (Å²) in [6.07, 6.45) is 6.61. The zero-order chi connectivity index (χ0) is 20.3. The summed E-state index contributed by atoms with van der Waals surface area (Å²) in [5, 5.41) is 11.2. The number of H-pyrrole nitrogens is 1. The van der Waals surface area contributed by atoms with Crippen molar-refractivity contribution in [3.05, 3.63) is 89.3 Å². The third-order valence-corrected chi connectivity index (χ3v) is 6.34. The van der Waals surface area contributed by atoms with Crippen LogP contribution in [0.5, 0.6) is 0 Å². The number of pyridine rings is 1. The minimum Gasteiger partial charge on any atom is -0.361 e. The van der Waals surface area contributed by atoms with E-state index in [2.05, 4.69) is 83.3 Å². The van der Waals surface area contributed by atoms with E-state index in [9.17, 15) is 0 Å². The van der Waals surface area contributed by atoms with Crippen LogP contribution in [0.15, 0.2) is 88.9 Å². The van der Waals surface area contributed by atoms with E-state index in [-0.39, 0.29) is 0 Å². The predicted octanol–water partition coefficient (Wildman–Crippen LogP) is 5.91. The first-order valence-electron chi connectivity index (χ1n) is 9.59. The van der Waals surface area contributed by atoms with E-state index in [0.717, 1.165) is 38.9 Å². The molecule has 3 heterocycles. The number of benzene rings is 2. The van der Waals surface area contributed by atoms with Crippen LogP contribution in [0.3, 0.4) is 0 Å². The highest BCUT2D eigenvalue weighted by molar-refractivity contribution is 9.10. The number of aromatic amines is 1. The van der Waals surface area contributed by atoms with Crippen molar-refractivity contribution < 1.29 is 0 Å². The summed E-state index contributed by atoms with van der Waals surface area (Å²) < 4.78 is 3.13. The molecule has 7 heteroatoms. The van der Waals surface area contributed by atoms with Crippen molar-refractivity contribution in [3.8, 4) is 17.1 Å². The normalized spacial score (nSPS) is 11.2. The molecule has 5 aromatic rings. The first-order valence-corrected chi connectivity index (χ1v) is 11.4. The van der Waals surface area contributed by atoms with Crippen molar-refractivity contribution in [1.82, 2.24) is 24.7 Å². The zero-order valence-electron chi connectivity index (χ0n) is 16.0. The second-order valence-corrected chi connectivity index (χ2v) is 8.79. The second-order valence-electron chi connectivity index (χ2n) is 6.82. The molecule has 3 aromatic heterocycles. The van der Waals surface area contributed by atoms with E-state index in [1.165, 1.54) is 16.5 Å². The minimum atomic E-state index is 0.810. The van der Waals surface area contributed by atoms with Gasteiger partial charge in [-0.15, -0.1) is 10.2 Å². The van der Waals surface area contributed by atoms with Crippen molar-refractivity contribution in [3.63, 3.8) is 0 Å². The summed E-state index contributed by atoms with van der Waals surface area (Å²) in [6.45, 7) is 0. The van der Waals surface area contributed by atoms with Crippen LogP contribution in [0.4, 0.5) is 0 Å². The minimum absolute atomic E-state index is 0.810. The standard InChI is InChI=1S/C23H18BrN5S/c24-18-4-3-5-19(14-18)29-22(16-8-11-25-12-9-16)27-28-23(29)30-13-10-17-15-26-21-7-2-1-6-20(17)21/h1-9,11-12,14-15,26H,10,13H2. The molecule has 5 rings (SSSR count). The second kappa shape index (κ2) is 8.45. The van der Waals surface area contributed by atoms with Gasteiger partial charge in [0.25, 0.3) is 0 Å². The third kappa shape index (κ3) is 3.78. The Kier molecular flexibility index (Phi) is 5.38. The largest absolute Gasteiger partial charge is 0.361 e. The molecule has 0 amide bonds. The Bertz CT molecular complexity index is 1300. The van der Waals surface area contributed by atoms with Crippen LogP contribution in [0.2, 0.25) is 0 Å². The molecule has 0 radical (unpaired) electrons. The quantitative estimate of drug-likeness (QED) is 0.310. The number of thioether (sulfide) groups is 1. The molecule has 0 saturated carbocycles. The molecule has 148 valence electrons. The smallest absolute Gasteiger partial charge is 0.196 e. The van der Waals surface area contributed by atoms with Gasteiger partial charge in [-0.05, 0) is 48.4 Å². The Morgan fingerprint density at radius 2 is 1.83 bits per heavy atom. The summed E-state index contributed by atoms with van der Waals surface area (Å²) in [6, 6.07) is 20.5. The van der Waals surface area contributed by atoms with Crippen LogP contribution < -0.4 is 0 Å². The number of para-hydroxylation sites is 1. The number of aryl methyl sites for hydroxylation is 1.